The zero-order valence-corrected chi connectivity index (χ0v) is 11.3. The van der Waals surface area contributed by atoms with E-state index in [4.69, 9.17) is 5.73 Å². The minimum atomic E-state index is -1.28. The Bertz CT molecular complexity index is 424. The van der Waals surface area contributed by atoms with Crippen molar-refractivity contribution in [3.05, 3.63) is 30.1 Å². The van der Waals surface area contributed by atoms with E-state index in [0.717, 1.165) is 25.7 Å². The van der Waals surface area contributed by atoms with Gasteiger partial charge >= 0.3 is 0 Å². The van der Waals surface area contributed by atoms with Crippen LogP contribution in [0.3, 0.4) is 0 Å². The van der Waals surface area contributed by atoms with Crippen molar-refractivity contribution >= 4 is 10.8 Å². The van der Waals surface area contributed by atoms with E-state index in [1.54, 1.807) is 18.2 Å². The third-order valence-corrected chi connectivity index (χ3v) is 5.66. The molecule has 1 aromatic carbocycles. The molecule has 1 saturated carbocycles. The van der Waals surface area contributed by atoms with Crippen LogP contribution in [-0.2, 0) is 10.8 Å². The van der Waals surface area contributed by atoms with Gasteiger partial charge in [0, 0.05) is 5.25 Å². The van der Waals surface area contributed by atoms with Gasteiger partial charge in [-0.15, -0.1) is 0 Å². The summed E-state index contributed by atoms with van der Waals surface area (Å²) in [6, 6.07) is 6.37. The van der Waals surface area contributed by atoms with Crippen LogP contribution in [0.2, 0.25) is 0 Å². The molecule has 1 fully saturated rings. The second-order valence-corrected chi connectivity index (χ2v) is 6.54. The first kappa shape index (κ1) is 13.7. The normalized spacial score (nSPS) is 26.6. The first-order valence-corrected chi connectivity index (χ1v) is 7.80. The molecular weight excluding hydrogens is 249 g/mol. The van der Waals surface area contributed by atoms with Crippen molar-refractivity contribution in [1.82, 2.24) is 0 Å². The van der Waals surface area contributed by atoms with Crippen LogP contribution in [0.15, 0.2) is 29.2 Å². The predicted molar refractivity (Wildman–Crippen MR) is 72.2 cm³/mol. The van der Waals surface area contributed by atoms with Crippen LogP contribution in [-0.4, -0.2) is 16.0 Å². The number of benzene rings is 1. The van der Waals surface area contributed by atoms with E-state index >= 15 is 0 Å². The van der Waals surface area contributed by atoms with Crippen molar-refractivity contribution in [2.24, 2.45) is 11.7 Å². The van der Waals surface area contributed by atoms with E-state index in [1.807, 2.05) is 0 Å². The van der Waals surface area contributed by atoms with Crippen molar-refractivity contribution in [2.45, 2.75) is 42.2 Å². The average Bonchev–Trinajstić information content (AvgIpc) is 2.63. The Labute approximate surface area is 110 Å². The second kappa shape index (κ2) is 6.43. The lowest BCUT2D eigenvalue weighted by Crippen LogP contribution is -2.31. The molecule has 0 spiro atoms. The summed E-state index contributed by atoms with van der Waals surface area (Å²) in [5.74, 6) is -0.108. The van der Waals surface area contributed by atoms with Gasteiger partial charge in [-0.05, 0) is 37.4 Å². The van der Waals surface area contributed by atoms with Crippen LogP contribution >= 0.6 is 0 Å². The second-order valence-electron chi connectivity index (χ2n) is 4.90. The molecule has 1 aliphatic carbocycles. The van der Waals surface area contributed by atoms with Crippen molar-refractivity contribution in [1.29, 1.82) is 0 Å². The smallest absolute Gasteiger partial charge is 0.139 e. The van der Waals surface area contributed by atoms with E-state index in [9.17, 15) is 8.60 Å². The molecule has 0 aromatic heterocycles. The van der Waals surface area contributed by atoms with Crippen molar-refractivity contribution in [2.75, 3.05) is 6.54 Å². The first-order chi connectivity index (χ1) is 8.74. The van der Waals surface area contributed by atoms with Gasteiger partial charge in [-0.3, -0.25) is 4.21 Å². The highest BCUT2D eigenvalue weighted by Crippen LogP contribution is 2.30. The largest absolute Gasteiger partial charge is 0.330 e. The Hall–Kier alpha value is -0.740. The summed E-state index contributed by atoms with van der Waals surface area (Å²) < 4.78 is 26.3. The van der Waals surface area contributed by atoms with E-state index in [2.05, 4.69) is 0 Å². The van der Waals surface area contributed by atoms with Crippen molar-refractivity contribution in [3.8, 4) is 0 Å². The van der Waals surface area contributed by atoms with Gasteiger partial charge in [0.1, 0.15) is 5.82 Å². The lowest BCUT2D eigenvalue weighted by Gasteiger charge is -2.23. The zero-order chi connectivity index (χ0) is 13.0. The number of nitrogens with two attached hydrogens (primary N) is 1. The summed E-state index contributed by atoms with van der Waals surface area (Å²) in [7, 11) is -1.28. The van der Waals surface area contributed by atoms with Crippen LogP contribution in [0.4, 0.5) is 4.39 Å². The fraction of sp³-hybridized carbons (Fsp3) is 0.571. The van der Waals surface area contributed by atoms with Crippen molar-refractivity contribution < 1.29 is 8.60 Å². The summed E-state index contributed by atoms with van der Waals surface area (Å²) in [6.07, 6.45) is 5.29. The van der Waals surface area contributed by atoms with Crippen LogP contribution in [0, 0.1) is 11.7 Å². The molecular formula is C14H20FNOS. The summed E-state index contributed by atoms with van der Waals surface area (Å²) in [5, 5.41) is 0.00870. The molecule has 2 rings (SSSR count). The highest BCUT2D eigenvalue weighted by Gasteiger charge is 2.29. The molecule has 18 heavy (non-hydrogen) atoms. The van der Waals surface area contributed by atoms with Gasteiger partial charge in [-0.2, -0.15) is 0 Å². The molecule has 0 heterocycles. The lowest BCUT2D eigenvalue weighted by molar-refractivity contribution is 0.472. The highest BCUT2D eigenvalue weighted by molar-refractivity contribution is 7.85. The molecule has 0 aliphatic heterocycles. The molecule has 0 amide bonds. The third kappa shape index (κ3) is 2.98. The van der Waals surface area contributed by atoms with Crippen LogP contribution in [0.25, 0.3) is 0 Å². The predicted octanol–water partition coefficient (Wildman–Crippen LogP) is 2.84. The number of halogens is 1. The molecule has 0 saturated heterocycles. The number of hydrogen-bond donors (Lipinski definition) is 1. The topological polar surface area (TPSA) is 43.1 Å². The maximum absolute atomic E-state index is 13.7. The van der Waals surface area contributed by atoms with Gasteiger partial charge in [0.05, 0.1) is 15.7 Å². The first-order valence-electron chi connectivity index (χ1n) is 6.59. The molecule has 1 aliphatic rings. The maximum atomic E-state index is 13.7. The molecule has 4 heteroatoms. The van der Waals surface area contributed by atoms with E-state index in [-0.39, 0.29) is 17.0 Å². The van der Waals surface area contributed by atoms with E-state index < -0.39 is 10.8 Å². The molecule has 2 nitrogen and oxygen atoms in total. The Balaban J connectivity index is 2.23. The molecule has 2 N–H and O–H groups in total. The Kier molecular flexibility index (Phi) is 4.89. The highest BCUT2D eigenvalue weighted by atomic mass is 32.2. The van der Waals surface area contributed by atoms with Gasteiger partial charge in [0.25, 0.3) is 0 Å². The lowest BCUT2D eigenvalue weighted by atomic mass is 10.0. The Morgan fingerprint density at radius 1 is 1.22 bits per heavy atom. The maximum Gasteiger partial charge on any atom is 0.139 e. The SMILES string of the molecule is NCC1CCCCCC1S(=O)c1ccccc1F. The standard InChI is InChI=1S/C14H20FNOS/c15-12-7-4-5-9-14(12)18(17)13-8-3-1-2-6-11(13)10-16/h4-5,7,9,11,13H,1-3,6,8,10,16H2. The molecule has 3 unspecified atom stereocenters. The monoisotopic (exact) mass is 269 g/mol. The zero-order valence-electron chi connectivity index (χ0n) is 10.5. The van der Waals surface area contributed by atoms with Crippen LogP contribution < -0.4 is 5.73 Å². The number of hydrogen-bond acceptors (Lipinski definition) is 2. The quantitative estimate of drug-likeness (QED) is 0.857. The number of rotatable bonds is 3. The molecule has 1 aromatic rings. The average molecular weight is 269 g/mol. The molecule has 3 atom stereocenters. The molecule has 0 radical (unpaired) electrons. The fourth-order valence-electron chi connectivity index (χ4n) is 2.67. The Morgan fingerprint density at radius 2 is 1.94 bits per heavy atom. The summed E-state index contributed by atoms with van der Waals surface area (Å²) >= 11 is 0. The van der Waals surface area contributed by atoms with E-state index in [1.165, 1.54) is 12.5 Å². The van der Waals surface area contributed by atoms with Gasteiger partial charge in [-0.1, -0.05) is 31.4 Å². The van der Waals surface area contributed by atoms with Gasteiger partial charge in [-0.25, -0.2) is 4.39 Å². The molecule has 0 bridgehead atoms. The van der Waals surface area contributed by atoms with Crippen LogP contribution in [0.5, 0.6) is 0 Å². The van der Waals surface area contributed by atoms with Crippen LogP contribution in [0.1, 0.15) is 32.1 Å². The summed E-state index contributed by atoms with van der Waals surface area (Å²) in [6.45, 7) is 0.546. The minimum absolute atomic E-state index is 0.00870. The van der Waals surface area contributed by atoms with Crippen molar-refractivity contribution in [3.63, 3.8) is 0 Å². The third-order valence-electron chi connectivity index (χ3n) is 3.72. The van der Waals surface area contributed by atoms with E-state index in [0.29, 0.717) is 11.4 Å². The molecule has 100 valence electrons. The summed E-state index contributed by atoms with van der Waals surface area (Å²) in [4.78, 5) is 0.336. The minimum Gasteiger partial charge on any atom is -0.330 e. The fourth-order valence-corrected chi connectivity index (χ4v) is 4.45. The Morgan fingerprint density at radius 3 is 2.67 bits per heavy atom. The summed E-state index contributed by atoms with van der Waals surface area (Å²) in [5.41, 5.74) is 5.79. The van der Waals surface area contributed by atoms with Gasteiger partial charge in [0.2, 0.25) is 0 Å². The van der Waals surface area contributed by atoms with Gasteiger partial charge < -0.3 is 5.73 Å². The van der Waals surface area contributed by atoms with Gasteiger partial charge in [0.15, 0.2) is 0 Å².